The van der Waals surface area contributed by atoms with Crippen molar-refractivity contribution < 1.29 is 0 Å². The van der Waals surface area contributed by atoms with E-state index in [0.717, 1.165) is 18.7 Å². The first kappa shape index (κ1) is 8.16. The number of rotatable bonds is 0. The van der Waals surface area contributed by atoms with Gasteiger partial charge in [-0.2, -0.15) is 34.4 Å². The molecule has 1 saturated heterocycles. The van der Waals surface area contributed by atoms with Crippen molar-refractivity contribution in [3.05, 3.63) is 0 Å². The summed E-state index contributed by atoms with van der Waals surface area (Å²) in [7, 11) is 0. The molecule has 0 unspecified atom stereocenters. The van der Waals surface area contributed by atoms with E-state index in [-0.39, 0.29) is 18.4 Å². The fourth-order valence-corrected chi connectivity index (χ4v) is 2.69. The van der Waals surface area contributed by atoms with Crippen molar-refractivity contribution in [1.82, 2.24) is 0 Å². The molecule has 1 fully saturated rings. The maximum absolute atomic E-state index is 5.84. The topological polar surface area (TPSA) is 0 Å². The minimum Gasteiger partial charge on any atom is -0.197 e. The van der Waals surface area contributed by atoms with Gasteiger partial charge in [-0.25, -0.2) is 0 Å². The highest BCUT2D eigenvalue weighted by atomic mass is 35.5. The third kappa shape index (κ3) is 2.65. The summed E-state index contributed by atoms with van der Waals surface area (Å²) in [6.45, 7) is 0. The molecule has 0 aromatic heterocycles. The number of halogens is 3. The van der Waals surface area contributed by atoms with Crippen LogP contribution in [0.4, 0.5) is 0 Å². The summed E-state index contributed by atoms with van der Waals surface area (Å²) in [6.07, 6.45) is 3.32. The second-order valence-corrected chi connectivity index (χ2v) is 4.35. The zero-order valence-corrected chi connectivity index (χ0v) is 7.26. The Morgan fingerprint density at radius 3 is 1.11 bits per heavy atom. The lowest BCUT2D eigenvalue weighted by Crippen LogP contribution is -2.30. The highest BCUT2D eigenvalue weighted by Gasteiger charge is 2.32. The molecule has 0 bridgehead atoms. The van der Waals surface area contributed by atoms with Gasteiger partial charge in [0.1, 0.15) is 0 Å². The van der Waals surface area contributed by atoms with E-state index >= 15 is 0 Å². The summed E-state index contributed by atoms with van der Waals surface area (Å²) in [5.74, 6) is 0. The molecule has 0 spiro atoms. The third-order valence-corrected chi connectivity index (χ3v) is 2.60. The number of hydrogen-bond acceptors (Lipinski definition) is 0. The van der Waals surface area contributed by atoms with Crippen molar-refractivity contribution in [2.75, 3.05) is 0 Å². The highest BCUT2D eigenvalue weighted by molar-refractivity contribution is 7.31. The van der Waals surface area contributed by atoms with Gasteiger partial charge in [0.25, 0.3) is 0 Å². The predicted octanol–water partition coefficient (Wildman–Crippen LogP) is 2.31. The van der Waals surface area contributed by atoms with E-state index in [2.05, 4.69) is 0 Å². The van der Waals surface area contributed by atoms with Crippen LogP contribution in [0.5, 0.6) is 0 Å². The zero-order valence-electron chi connectivity index (χ0n) is 4.99. The molecule has 1 heterocycles. The fraction of sp³-hybridized carbons (Fsp3) is 1.00. The monoisotopic (exact) mass is 180 g/mol. The Morgan fingerprint density at radius 1 is 0.667 bits per heavy atom. The molecule has 0 saturated carbocycles. The van der Waals surface area contributed by atoms with Crippen LogP contribution in [0, 0.1) is 0 Å². The van der Waals surface area contributed by atoms with E-state index in [0.29, 0.717) is 0 Å². The summed E-state index contributed by atoms with van der Waals surface area (Å²) in [5, 5.41) is 0. The zero-order chi connectivity index (χ0) is 6.85. The summed E-state index contributed by atoms with van der Waals surface area (Å²) in [5.41, 5.74) is 0. The van der Waals surface area contributed by atoms with E-state index in [1.165, 1.54) is 0 Å². The standard InChI is InChI=1S/C3H6B3Cl3/c7-4-1-5(8)3-6(9)2-4/h1-3H2. The van der Waals surface area contributed by atoms with Crippen molar-refractivity contribution in [2.24, 2.45) is 0 Å². The molecule has 1 aliphatic heterocycles. The Balaban J connectivity index is 2.34. The van der Waals surface area contributed by atoms with Crippen molar-refractivity contribution >= 4 is 52.8 Å². The Morgan fingerprint density at radius 2 is 0.889 bits per heavy atom. The molecule has 0 aromatic rings. The quantitative estimate of drug-likeness (QED) is 0.503. The Bertz CT molecular complexity index is 75.3. The summed E-state index contributed by atoms with van der Waals surface area (Å²) < 4.78 is 0. The molecular weight excluding hydrogens is 175 g/mol. The van der Waals surface area contributed by atoms with Gasteiger partial charge >= 0.3 is 0 Å². The normalized spacial score (nSPS) is 21.0. The second-order valence-electron chi connectivity index (χ2n) is 2.50. The van der Waals surface area contributed by atoms with Gasteiger partial charge in [-0.15, -0.1) is 0 Å². The van der Waals surface area contributed by atoms with Gasteiger partial charge in [-0.05, 0) is 0 Å². The van der Waals surface area contributed by atoms with Gasteiger partial charge < -0.3 is 0 Å². The second kappa shape index (κ2) is 3.45. The van der Waals surface area contributed by atoms with Crippen LogP contribution in [0.3, 0.4) is 0 Å². The van der Waals surface area contributed by atoms with E-state index < -0.39 is 0 Å². The van der Waals surface area contributed by atoms with Crippen molar-refractivity contribution in [1.29, 1.82) is 0 Å². The molecule has 0 nitrogen and oxygen atoms in total. The van der Waals surface area contributed by atoms with Crippen LogP contribution in [0.25, 0.3) is 0 Å². The van der Waals surface area contributed by atoms with Gasteiger partial charge in [-0.1, -0.05) is 18.7 Å². The molecule has 1 aliphatic rings. The van der Waals surface area contributed by atoms with Crippen LogP contribution in [-0.4, -0.2) is 18.4 Å². The van der Waals surface area contributed by atoms with E-state index in [9.17, 15) is 0 Å². The SMILES string of the molecule is ClB1CB(Cl)CB(Cl)C1. The maximum Gasteiger partial charge on any atom is 0.238 e. The minimum absolute atomic E-state index is 0.198. The maximum atomic E-state index is 5.84. The van der Waals surface area contributed by atoms with Gasteiger partial charge in [-0.3, -0.25) is 0 Å². The molecule has 0 aliphatic carbocycles. The lowest BCUT2D eigenvalue weighted by atomic mass is 9.30. The first-order valence-electron chi connectivity index (χ1n) is 3.10. The van der Waals surface area contributed by atoms with Gasteiger partial charge in [0.2, 0.25) is 18.4 Å². The predicted molar refractivity (Wildman–Crippen MR) is 49.2 cm³/mol. The van der Waals surface area contributed by atoms with E-state index in [1.807, 2.05) is 0 Å². The third-order valence-electron chi connectivity index (χ3n) is 1.53. The molecule has 9 heavy (non-hydrogen) atoms. The lowest BCUT2D eigenvalue weighted by Gasteiger charge is -2.17. The fourth-order valence-electron chi connectivity index (χ4n) is 1.12. The van der Waals surface area contributed by atoms with Crippen LogP contribution in [-0.2, 0) is 0 Å². The van der Waals surface area contributed by atoms with Crippen LogP contribution in [0.1, 0.15) is 0 Å². The molecule has 0 aromatic carbocycles. The molecule has 0 amide bonds. The average Bonchev–Trinajstić information content (AvgIpc) is 1.59. The largest absolute Gasteiger partial charge is 0.238 e. The van der Waals surface area contributed by atoms with Gasteiger partial charge in [0.05, 0.1) is 0 Å². The summed E-state index contributed by atoms with van der Waals surface area (Å²) >= 11 is 17.5. The molecule has 0 atom stereocenters. The number of hydrogen-bond donors (Lipinski definition) is 0. The van der Waals surface area contributed by atoms with E-state index in [1.54, 1.807) is 0 Å². The van der Waals surface area contributed by atoms with Crippen molar-refractivity contribution in [3.63, 3.8) is 0 Å². The van der Waals surface area contributed by atoms with E-state index in [4.69, 9.17) is 34.4 Å². The van der Waals surface area contributed by atoms with Crippen molar-refractivity contribution in [2.45, 2.75) is 18.7 Å². The summed E-state index contributed by atoms with van der Waals surface area (Å²) in [4.78, 5) is 0. The first-order valence-corrected chi connectivity index (χ1v) is 4.41. The first-order chi connectivity index (χ1) is 4.18. The lowest BCUT2D eigenvalue weighted by molar-refractivity contribution is 1.66. The van der Waals surface area contributed by atoms with Gasteiger partial charge in [0, 0.05) is 0 Å². The van der Waals surface area contributed by atoms with Gasteiger partial charge in [0.15, 0.2) is 0 Å². The molecular formula is C3H6B3Cl3. The minimum atomic E-state index is 0.198. The van der Waals surface area contributed by atoms with Crippen LogP contribution >= 0.6 is 34.4 Å². The van der Waals surface area contributed by atoms with Crippen LogP contribution in [0.15, 0.2) is 0 Å². The smallest absolute Gasteiger partial charge is 0.197 e. The molecule has 6 heteroatoms. The Hall–Kier alpha value is 1.06. The average molecular weight is 181 g/mol. The molecule has 48 valence electrons. The Labute approximate surface area is 71.6 Å². The van der Waals surface area contributed by atoms with Crippen LogP contribution < -0.4 is 0 Å². The van der Waals surface area contributed by atoms with Crippen LogP contribution in [0.2, 0.25) is 18.7 Å². The highest BCUT2D eigenvalue weighted by Crippen LogP contribution is 2.25. The Kier molecular flexibility index (Phi) is 3.13. The summed E-state index contributed by atoms with van der Waals surface area (Å²) in [6, 6.07) is 0. The van der Waals surface area contributed by atoms with Crippen molar-refractivity contribution in [3.8, 4) is 0 Å². The molecule has 0 radical (unpaired) electrons. The molecule has 0 N–H and O–H groups in total. The molecule has 1 rings (SSSR count).